The van der Waals surface area contributed by atoms with Gasteiger partial charge in [-0.1, -0.05) is 30.3 Å². The van der Waals surface area contributed by atoms with Crippen LogP contribution in [0.1, 0.15) is 11.1 Å². The van der Waals surface area contributed by atoms with E-state index in [0.29, 0.717) is 12.3 Å². The second-order valence-electron chi connectivity index (χ2n) is 3.93. The van der Waals surface area contributed by atoms with Crippen molar-refractivity contribution in [3.63, 3.8) is 0 Å². The number of hydrogen-bond acceptors (Lipinski definition) is 3. The van der Waals surface area contributed by atoms with E-state index >= 15 is 0 Å². The van der Waals surface area contributed by atoms with Crippen molar-refractivity contribution in [2.75, 3.05) is 0 Å². The smallest absolute Gasteiger partial charge is 0.240 e. The molecule has 0 saturated carbocycles. The van der Waals surface area contributed by atoms with Crippen molar-refractivity contribution in [2.45, 2.75) is 13.5 Å². The molecule has 90 valence electrons. The summed E-state index contributed by atoms with van der Waals surface area (Å²) < 4.78 is 5.72. The zero-order valence-corrected chi connectivity index (χ0v) is 10.1. The van der Waals surface area contributed by atoms with E-state index in [4.69, 9.17) is 4.74 Å². The average molecular weight is 239 g/mol. The Morgan fingerprint density at radius 2 is 1.94 bits per heavy atom. The molecule has 3 heteroatoms. The second-order valence-corrected chi connectivity index (χ2v) is 3.93. The van der Waals surface area contributed by atoms with Gasteiger partial charge in [0.1, 0.15) is 12.4 Å². The molecule has 0 aliphatic carbocycles. The fraction of sp³-hybridized carbons (Fsp3) is 0.133. The molecule has 0 saturated heterocycles. The Labute approximate surface area is 106 Å². The standard InChI is InChI=1S/C15H13NO2/c1-12-9-14(16-11-17)7-8-15(12)18-10-13-5-3-2-4-6-13/h2-9H,10H2,1H3. The number of ether oxygens (including phenoxy) is 1. The quantitative estimate of drug-likeness (QED) is 0.604. The molecule has 0 aliphatic heterocycles. The number of benzene rings is 2. The summed E-state index contributed by atoms with van der Waals surface area (Å²) in [6.45, 7) is 2.45. The zero-order valence-electron chi connectivity index (χ0n) is 10.1. The molecule has 0 spiro atoms. The van der Waals surface area contributed by atoms with Gasteiger partial charge in [0.15, 0.2) is 0 Å². The summed E-state index contributed by atoms with van der Waals surface area (Å²) >= 11 is 0. The normalized spacial score (nSPS) is 9.61. The Morgan fingerprint density at radius 1 is 1.17 bits per heavy atom. The van der Waals surface area contributed by atoms with Crippen LogP contribution in [0.4, 0.5) is 5.69 Å². The molecule has 0 fully saturated rings. The Bertz CT molecular complexity index is 572. The predicted octanol–water partition coefficient (Wildman–Crippen LogP) is 3.54. The monoisotopic (exact) mass is 239 g/mol. The Hall–Kier alpha value is -2.38. The maximum Gasteiger partial charge on any atom is 0.240 e. The summed E-state index contributed by atoms with van der Waals surface area (Å²) in [6.07, 6.45) is 1.52. The molecule has 0 bridgehead atoms. The maximum absolute atomic E-state index is 10.2. The predicted molar refractivity (Wildman–Crippen MR) is 69.7 cm³/mol. The molecule has 2 aromatic rings. The first-order valence-corrected chi connectivity index (χ1v) is 5.65. The highest BCUT2D eigenvalue weighted by Gasteiger charge is 2.01. The number of aliphatic imine (C=N–C) groups is 1. The average Bonchev–Trinajstić information content (AvgIpc) is 2.39. The molecule has 0 heterocycles. The van der Waals surface area contributed by atoms with Gasteiger partial charge in [-0.25, -0.2) is 4.79 Å². The molecular weight excluding hydrogens is 226 g/mol. The molecule has 0 aliphatic rings. The molecule has 0 amide bonds. The first-order chi connectivity index (χ1) is 8.79. The van der Waals surface area contributed by atoms with Gasteiger partial charge in [0.2, 0.25) is 6.08 Å². The molecule has 0 unspecified atom stereocenters. The highest BCUT2D eigenvalue weighted by Crippen LogP contribution is 2.24. The molecule has 18 heavy (non-hydrogen) atoms. The van der Waals surface area contributed by atoms with Crippen LogP contribution in [0.5, 0.6) is 5.75 Å². The summed E-state index contributed by atoms with van der Waals surface area (Å²) in [5.41, 5.74) is 2.66. The van der Waals surface area contributed by atoms with Crippen LogP contribution in [0.2, 0.25) is 0 Å². The maximum atomic E-state index is 10.2. The first kappa shape index (κ1) is 12.1. The van der Waals surface area contributed by atoms with E-state index in [1.807, 2.05) is 43.3 Å². The lowest BCUT2D eigenvalue weighted by Gasteiger charge is -2.09. The SMILES string of the molecule is Cc1cc(N=C=O)ccc1OCc1ccccc1. The highest BCUT2D eigenvalue weighted by molar-refractivity contribution is 5.52. The van der Waals surface area contributed by atoms with Gasteiger partial charge < -0.3 is 4.74 Å². The van der Waals surface area contributed by atoms with Crippen molar-refractivity contribution in [3.05, 3.63) is 59.7 Å². The van der Waals surface area contributed by atoms with Crippen molar-refractivity contribution >= 4 is 11.8 Å². The van der Waals surface area contributed by atoms with Crippen LogP contribution in [0.3, 0.4) is 0 Å². The highest BCUT2D eigenvalue weighted by atomic mass is 16.5. The van der Waals surface area contributed by atoms with Gasteiger partial charge >= 0.3 is 0 Å². The molecule has 0 atom stereocenters. The largest absolute Gasteiger partial charge is 0.489 e. The van der Waals surface area contributed by atoms with Gasteiger partial charge in [0.05, 0.1) is 5.69 Å². The van der Waals surface area contributed by atoms with Gasteiger partial charge in [-0.05, 0) is 36.2 Å². The van der Waals surface area contributed by atoms with E-state index in [9.17, 15) is 4.79 Å². The van der Waals surface area contributed by atoms with Crippen LogP contribution in [0.25, 0.3) is 0 Å². The van der Waals surface area contributed by atoms with Gasteiger partial charge in [0, 0.05) is 0 Å². The molecule has 3 nitrogen and oxygen atoms in total. The lowest BCUT2D eigenvalue weighted by atomic mass is 10.2. The van der Waals surface area contributed by atoms with Crippen LogP contribution in [0, 0.1) is 6.92 Å². The minimum atomic E-state index is 0.526. The van der Waals surface area contributed by atoms with E-state index < -0.39 is 0 Å². The van der Waals surface area contributed by atoms with Crippen molar-refractivity contribution < 1.29 is 9.53 Å². The lowest BCUT2D eigenvalue weighted by molar-refractivity contribution is 0.304. The van der Waals surface area contributed by atoms with Crippen LogP contribution < -0.4 is 4.74 Å². The number of nitrogens with zero attached hydrogens (tertiary/aromatic N) is 1. The lowest BCUT2D eigenvalue weighted by Crippen LogP contribution is -1.96. The van der Waals surface area contributed by atoms with Crippen LogP contribution in [-0.4, -0.2) is 6.08 Å². The molecule has 0 N–H and O–H groups in total. The number of hydrogen-bond donors (Lipinski definition) is 0. The summed E-state index contributed by atoms with van der Waals surface area (Å²) in [6, 6.07) is 15.3. The number of isocyanates is 1. The van der Waals surface area contributed by atoms with Gasteiger partial charge in [-0.15, -0.1) is 0 Å². The summed E-state index contributed by atoms with van der Waals surface area (Å²) in [7, 11) is 0. The van der Waals surface area contributed by atoms with E-state index in [2.05, 4.69) is 4.99 Å². The topological polar surface area (TPSA) is 38.7 Å². The molecule has 0 aromatic heterocycles. The van der Waals surface area contributed by atoms with Gasteiger partial charge in [-0.2, -0.15) is 4.99 Å². The van der Waals surface area contributed by atoms with Crippen molar-refractivity contribution in [1.82, 2.24) is 0 Å². The fourth-order valence-electron chi connectivity index (χ4n) is 1.65. The molecular formula is C15H13NO2. The van der Waals surface area contributed by atoms with Crippen molar-refractivity contribution in [1.29, 1.82) is 0 Å². The Morgan fingerprint density at radius 3 is 2.61 bits per heavy atom. The van der Waals surface area contributed by atoms with Crippen molar-refractivity contribution in [2.24, 2.45) is 4.99 Å². The fourth-order valence-corrected chi connectivity index (χ4v) is 1.65. The number of carbonyl (C=O) groups excluding carboxylic acids is 1. The van der Waals surface area contributed by atoms with Gasteiger partial charge in [0.25, 0.3) is 0 Å². The van der Waals surface area contributed by atoms with E-state index in [1.54, 1.807) is 12.1 Å². The molecule has 2 rings (SSSR count). The molecule has 2 aromatic carbocycles. The third-order valence-electron chi connectivity index (χ3n) is 2.57. The first-order valence-electron chi connectivity index (χ1n) is 5.65. The van der Waals surface area contributed by atoms with E-state index in [-0.39, 0.29) is 0 Å². The van der Waals surface area contributed by atoms with Crippen LogP contribution in [-0.2, 0) is 11.4 Å². The number of rotatable bonds is 4. The zero-order chi connectivity index (χ0) is 12.8. The van der Waals surface area contributed by atoms with Crippen LogP contribution >= 0.6 is 0 Å². The van der Waals surface area contributed by atoms with E-state index in [1.165, 1.54) is 6.08 Å². The third-order valence-corrected chi connectivity index (χ3v) is 2.57. The second kappa shape index (κ2) is 5.80. The number of aryl methyl sites for hydroxylation is 1. The minimum absolute atomic E-state index is 0.526. The van der Waals surface area contributed by atoms with Crippen LogP contribution in [0.15, 0.2) is 53.5 Å². The van der Waals surface area contributed by atoms with Gasteiger partial charge in [-0.3, -0.25) is 0 Å². The Kier molecular flexibility index (Phi) is 3.90. The minimum Gasteiger partial charge on any atom is -0.489 e. The molecule has 0 radical (unpaired) electrons. The van der Waals surface area contributed by atoms with Crippen molar-refractivity contribution in [3.8, 4) is 5.75 Å². The van der Waals surface area contributed by atoms with E-state index in [0.717, 1.165) is 16.9 Å². The Balaban J connectivity index is 2.08. The third kappa shape index (κ3) is 3.06. The summed E-state index contributed by atoms with van der Waals surface area (Å²) in [4.78, 5) is 13.7. The summed E-state index contributed by atoms with van der Waals surface area (Å²) in [5, 5.41) is 0. The summed E-state index contributed by atoms with van der Waals surface area (Å²) in [5.74, 6) is 0.795.